The van der Waals surface area contributed by atoms with E-state index in [0.29, 0.717) is 0 Å². The lowest BCUT2D eigenvalue weighted by molar-refractivity contribution is 0.933. The fraction of sp³-hybridized carbons (Fsp3) is 0.250. The molecule has 0 saturated carbocycles. The first kappa shape index (κ1) is 17.7. The number of hydrogen-bond donors (Lipinski definition) is 0. The van der Waals surface area contributed by atoms with Crippen LogP contribution >= 0.6 is 90.4 Å². The van der Waals surface area contributed by atoms with Crippen molar-refractivity contribution >= 4 is 90.4 Å². The normalized spacial score (nSPS) is 10.9. The molecular weight excluding hydrogens is 700 g/mol. The van der Waals surface area contributed by atoms with Gasteiger partial charge in [-0.3, -0.25) is 0 Å². The van der Waals surface area contributed by atoms with Gasteiger partial charge in [-0.15, -0.1) is 0 Å². The van der Waals surface area contributed by atoms with Gasteiger partial charge in [0.25, 0.3) is 0 Å². The van der Waals surface area contributed by atoms with Crippen LogP contribution in [0.2, 0.25) is 0 Å². The molecule has 0 bridgehead atoms. The Bertz CT molecular complexity index is 543. The van der Waals surface area contributed by atoms with Crippen molar-refractivity contribution in [3.8, 4) is 0 Å². The SMILES string of the molecule is Cc1cc(I)c(CCc2c(I)cc(C)cc2I)c(I)c1. The fourth-order valence-electron chi connectivity index (χ4n) is 2.19. The summed E-state index contributed by atoms with van der Waals surface area (Å²) in [5, 5.41) is 0. The Morgan fingerprint density at radius 2 is 0.850 bits per heavy atom. The van der Waals surface area contributed by atoms with Gasteiger partial charge in [0.2, 0.25) is 0 Å². The topological polar surface area (TPSA) is 0 Å². The molecule has 0 aliphatic carbocycles. The highest BCUT2D eigenvalue weighted by Crippen LogP contribution is 2.26. The van der Waals surface area contributed by atoms with Crippen LogP contribution in [0, 0.1) is 28.1 Å². The summed E-state index contributed by atoms with van der Waals surface area (Å²) in [7, 11) is 0. The van der Waals surface area contributed by atoms with Gasteiger partial charge in [0.15, 0.2) is 0 Å². The van der Waals surface area contributed by atoms with E-state index in [-0.39, 0.29) is 0 Å². The molecule has 0 aliphatic heterocycles. The summed E-state index contributed by atoms with van der Waals surface area (Å²) in [6, 6.07) is 9.12. The Morgan fingerprint density at radius 3 is 1.10 bits per heavy atom. The van der Waals surface area contributed by atoms with Crippen molar-refractivity contribution in [1.82, 2.24) is 0 Å². The van der Waals surface area contributed by atoms with Gasteiger partial charge >= 0.3 is 0 Å². The molecule has 106 valence electrons. The first-order valence-corrected chi connectivity index (χ1v) is 10.6. The molecule has 0 nitrogen and oxygen atoms in total. The third-order valence-corrected chi connectivity index (χ3v) is 7.05. The Labute approximate surface area is 175 Å². The Kier molecular flexibility index (Phi) is 6.87. The molecule has 20 heavy (non-hydrogen) atoms. The molecule has 0 heterocycles. The van der Waals surface area contributed by atoms with Crippen LogP contribution in [0.1, 0.15) is 22.3 Å². The van der Waals surface area contributed by atoms with Crippen LogP contribution in [0.4, 0.5) is 0 Å². The first-order valence-electron chi connectivity index (χ1n) is 6.27. The van der Waals surface area contributed by atoms with Crippen molar-refractivity contribution in [3.05, 3.63) is 60.8 Å². The van der Waals surface area contributed by atoms with Crippen LogP contribution in [0.25, 0.3) is 0 Å². The lowest BCUT2D eigenvalue weighted by Gasteiger charge is -2.12. The van der Waals surface area contributed by atoms with Crippen LogP contribution in [0.15, 0.2) is 24.3 Å². The van der Waals surface area contributed by atoms with E-state index in [1.54, 1.807) is 0 Å². The van der Waals surface area contributed by atoms with E-state index in [0.717, 1.165) is 12.8 Å². The summed E-state index contributed by atoms with van der Waals surface area (Å²) in [6.45, 7) is 4.33. The summed E-state index contributed by atoms with van der Waals surface area (Å²) in [5.41, 5.74) is 5.68. The van der Waals surface area contributed by atoms with Gasteiger partial charge in [0.1, 0.15) is 0 Å². The second-order valence-corrected chi connectivity index (χ2v) is 9.56. The Hall–Kier alpha value is 1.36. The average molecular weight is 714 g/mol. The largest absolute Gasteiger partial charge is 0.0490 e. The Morgan fingerprint density at radius 1 is 0.600 bits per heavy atom. The smallest absolute Gasteiger partial charge is 0.0175 e. The number of halogens is 4. The molecule has 0 amide bonds. The van der Waals surface area contributed by atoms with Crippen molar-refractivity contribution in [3.63, 3.8) is 0 Å². The summed E-state index contributed by atoms with van der Waals surface area (Å²) in [5.74, 6) is 0. The molecule has 0 N–H and O–H groups in total. The molecule has 0 atom stereocenters. The second-order valence-electron chi connectivity index (χ2n) is 4.91. The highest BCUT2D eigenvalue weighted by atomic mass is 127. The van der Waals surface area contributed by atoms with E-state index in [1.807, 2.05) is 0 Å². The fourth-order valence-corrected chi connectivity index (χ4v) is 7.42. The van der Waals surface area contributed by atoms with Gasteiger partial charge in [-0.05, 0) is 164 Å². The maximum atomic E-state index is 2.47. The predicted molar refractivity (Wildman–Crippen MR) is 121 cm³/mol. The van der Waals surface area contributed by atoms with E-state index < -0.39 is 0 Å². The van der Waals surface area contributed by atoms with Gasteiger partial charge < -0.3 is 0 Å². The molecule has 0 unspecified atom stereocenters. The lowest BCUT2D eigenvalue weighted by Crippen LogP contribution is -2.02. The van der Waals surface area contributed by atoms with Crippen LogP contribution in [0.3, 0.4) is 0 Å². The molecular formula is C16H14I4. The molecule has 0 aliphatic rings. The Balaban J connectivity index is 2.26. The van der Waals surface area contributed by atoms with Crippen molar-refractivity contribution < 1.29 is 0 Å². The van der Waals surface area contributed by atoms with Crippen LogP contribution in [0.5, 0.6) is 0 Å². The van der Waals surface area contributed by atoms with Crippen LogP contribution < -0.4 is 0 Å². The molecule has 0 aromatic heterocycles. The van der Waals surface area contributed by atoms with Crippen LogP contribution in [-0.4, -0.2) is 0 Å². The van der Waals surface area contributed by atoms with Gasteiger partial charge in [0.05, 0.1) is 0 Å². The highest BCUT2D eigenvalue weighted by Gasteiger charge is 2.10. The highest BCUT2D eigenvalue weighted by molar-refractivity contribution is 14.1. The molecule has 0 fully saturated rings. The van der Waals surface area contributed by atoms with E-state index in [2.05, 4.69) is 128 Å². The summed E-state index contributed by atoms with van der Waals surface area (Å²) in [4.78, 5) is 0. The summed E-state index contributed by atoms with van der Waals surface area (Å²) >= 11 is 9.87. The van der Waals surface area contributed by atoms with Gasteiger partial charge in [0, 0.05) is 14.3 Å². The van der Waals surface area contributed by atoms with E-state index >= 15 is 0 Å². The van der Waals surface area contributed by atoms with Crippen molar-refractivity contribution in [2.24, 2.45) is 0 Å². The predicted octanol–water partition coefficient (Wildman–Crippen LogP) is 6.51. The minimum atomic E-state index is 1.12. The molecule has 4 heteroatoms. The zero-order valence-corrected chi connectivity index (χ0v) is 19.9. The van der Waals surface area contributed by atoms with Gasteiger partial charge in [-0.1, -0.05) is 0 Å². The summed E-state index contributed by atoms with van der Waals surface area (Å²) in [6.07, 6.45) is 2.23. The van der Waals surface area contributed by atoms with Crippen molar-refractivity contribution in [1.29, 1.82) is 0 Å². The maximum Gasteiger partial charge on any atom is 0.0175 e. The van der Waals surface area contributed by atoms with E-state index in [1.165, 1.54) is 36.5 Å². The number of hydrogen-bond acceptors (Lipinski definition) is 0. The van der Waals surface area contributed by atoms with E-state index in [4.69, 9.17) is 0 Å². The molecule has 0 saturated heterocycles. The number of aryl methyl sites for hydroxylation is 2. The summed E-state index contributed by atoms with van der Waals surface area (Å²) < 4.78 is 5.57. The average Bonchev–Trinajstić information content (AvgIpc) is 2.30. The van der Waals surface area contributed by atoms with Crippen molar-refractivity contribution in [2.75, 3.05) is 0 Å². The maximum absolute atomic E-state index is 2.47. The zero-order valence-electron chi connectivity index (χ0n) is 11.2. The number of benzene rings is 2. The molecule has 2 rings (SSSR count). The molecule has 0 spiro atoms. The third-order valence-electron chi connectivity index (χ3n) is 3.20. The zero-order chi connectivity index (χ0) is 14.9. The lowest BCUT2D eigenvalue weighted by atomic mass is 10.0. The quantitative estimate of drug-likeness (QED) is 0.319. The van der Waals surface area contributed by atoms with Crippen molar-refractivity contribution in [2.45, 2.75) is 26.7 Å². The van der Waals surface area contributed by atoms with Crippen LogP contribution in [-0.2, 0) is 12.8 Å². The standard InChI is InChI=1S/C16H14I4/c1-9-5-13(17)11(14(18)6-9)3-4-12-15(19)7-10(2)8-16(12)20/h5-8H,3-4H2,1-2H3. The third kappa shape index (κ3) is 4.43. The monoisotopic (exact) mass is 714 g/mol. The number of rotatable bonds is 3. The molecule has 0 radical (unpaired) electrons. The first-order chi connectivity index (χ1) is 9.38. The minimum absolute atomic E-state index is 1.12. The molecule has 2 aromatic rings. The van der Waals surface area contributed by atoms with Gasteiger partial charge in [-0.2, -0.15) is 0 Å². The second kappa shape index (κ2) is 7.76. The minimum Gasteiger partial charge on any atom is -0.0490 e. The van der Waals surface area contributed by atoms with E-state index in [9.17, 15) is 0 Å². The van der Waals surface area contributed by atoms with Gasteiger partial charge in [-0.25, -0.2) is 0 Å². The molecule has 2 aromatic carbocycles.